The fraction of sp³-hybridized carbons (Fsp3) is 0.333. The minimum atomic E-state index is -0.367. The molecule has 0 spiro atoms. The van der Waals surface area contributed by atoms with Gasteiger partial charge in [-0.15, -0.1) is 0 Å². The molecular weight excluding hydrogens is 452 g/mol. The summed E-state index contributed by atoms with van der Waals surface area (Å²) in [5.74, 6) is -0.292. The van der Waals surface area contributed by atoms with Crippen molar-refractivity contribution >= 4 is 11.8 Å². The number of hydrogen-bond acceptors (Lipinski definition) is 4. The Hall–Kier alpha value is -3.48. The monoisotopic (exact) mass is 486 g/mol. The topological polar surface area (TPSA) is 70.1 Å². The lowest BCUT2D eigenvalue weighted by atomic mass is 9.94. The van der Waals surface area contributed by atoms with E-state index < -0.39 is 0 Å². The minimum Gasteiger partial charge on any atom is -0.394 e. The normalized spacial score (nSPS) is 19.0. The first-order chi connectivity index (χ1) is 17.4. The zero-order valence-electron chi connectivity index (χ0n) is 21.1. The van der Waals surface area contributed by atoms with E-state index in [1.807, 2.05) is 80.6 Å². The summed E-state index contributed by atoms with van der Waals surface area (Å²) in [5.41, 5.74) is 4.00. The lowest BCUT2D eigenvalue weighted by molar-refractivity contribution is -0.0209. The van der Waals surface area contributed by atoms with Crippen LogP contribution in [0.2, 0.25) is 0 Å². The van der Waals surface area contributed by atoms with Crippen LogP contribution >= 0.6 is 0 Å². The Labute approximate surface area is 213 Å². The van der Waals surface area contributed by atoms with Crippen molar-refractivity contribution in [3.63, 3.8) is 0 Å². The third-order valence-electron chi connectivity index (χ3n) is 6.92. The molecular formula is C30H34N2O4. The highest BCUT2D eigenvalue weighted by atomic mass is 16.5. The van der Waals surface area contributed by atoms with E-state index in [2.05, 4.69) is 0 Å². The van der Waals surface area contributed by atoms with E-state index >= 15 is 0 Å². The molecule has 0 radical (unpaired) electrons. The summed E-state index contributed by atoms with van der Waals surface area (Å²) in [5, 5.41) is 9.97. The number of hydrogen-bond donors (Lipinski definition) is 1. The van der Waals surface area contributed by atoms with Crippen LogP contribution in [0.4, 0.5) is 0 Å². The Bertz CT molecular complexity index is 1200. The molecule has 6 nitrogen and oxygen atoms in total. The molecule has 0 saturated carbocycles. The van der Waals surface area contributed by atoms with Crippen molar-refractivity contribution in [3.05, 3.63) is 95.6 Å². The molecule has 3 aromatic carbocycles. The van der Waals surface area contributed by atoms with Gasteiger partial charge in [-0.1, -0.05) is 67.6 Å². The van der Waals surface area contributed by atoms with Crippen LogP contribution < -0.4 is 0 Å². The summed E-state index contributed by atoms with van der Waals surface area (Å²) >= 11 is 0. The SMILES string of the molecule is C[C@@H]1CN([C@H](C)CO)C(=O)c2ccccc2-c2ccccc2CO[C@H]1CN(C)C(=O)c1ccccc1. The second-order valence-electron chi connectivity index (χ2n) is 9.57. The summed E-state index contributed by atoms with van der Waals surface area (Å²) < 4.78 is 6.49. The maximum Gasteiger partial charge on any atom is 0.254 e. The molecule has 1 aliphatic rings. The third-order valence-corrected chi connectivity index (χ3v) is 6.92. The van der Waals surface area contributed by atoms with E-state index in [0.29, 0.717) is 30.8 Å². The van der Waals surface area contributed by atoms with E-state index in [0.717, 1.165) is 16.7 Å². The average Bonchev–Trinajstić information content (AvgIpc) is 2.94. The number of carbonyl (C=O) groups excluding carboxylic acids is 2. The van der Waals surface area contributed by atoms with Gasteiger partial charge in [-0.2, -0.15) is 0 Å². The number of carbonyl (C=O) groups is 2. The van der Waals surface area contributed by atoms with E-state index in [1.54, 1.807) is 29.0 Å². The predicted molar refractivity (Wildman–Crippen MR) is 141 cm³/mol. The van der Waals surface area contributed by atoms with Gasteiger partial charge in [0, 0.05) is 37.2 Å². The second kappa shape index (κ2) is 11.5. The van der Waals surface area contributed by atoms with Crippen LogP contribution in [-0.4, -0.2) is 65.6 Å². The van der Waals surface area contributed by atoms with Crippen molar-refractivity contribution in [3.8, 4) is 11.1 Å². The Morgan fingerprint density at radius 3 is 2.31 bits per heavy atom. The van der Waals surface area contributed by atoms with Crippen LogP contribution in [0.3, 0.4) is 0 Å². The first-order valence-electron chi connectivity index (χ1n) is 12.4. The smallest absolute Gasteiger partial charge is 0.254 e. The molecule has 4 rings (SSSR count). The number of amides is 2. The Balaban J connectivity index is 1.71. The summed E-state index contributed by atoms with van der Waals surface area (Å²) in [4.78, 5) is 30.3. The first kappa shape index (κ1) is 25.6. The highest BCUT2D eigenvalue weighted by molar-refractivity contribution is 6.01. The van der Waals surface area contributed by atoms with Crippen LogP contribution in [0.5, 0.6) is 0 Å². The zero-order valence-corrected chi connectivity index (χ0v) is 21.1. The van der Waals surface area contributed by atoms with Gasteiger partial charge in [-0.3, -0.25) is 9.59 Å². The molecule has 0 unspecified atom stereocenters. The van der Waals surface area contributed by atoms with Gasteiger partial charge in [-0.05, 0) is 41.8 Å². The number of rotatable bonds is 5. The third kappa shape index (κ3) is 5.50. The molecule has 3 atom stereocenters. The van der Waals surface area contributed by atoms with E-state index in [-0.39, 0.29) is 36.5 Å². The van der Waals surface area contributed by atoms with Crippen molar-refractivity contribution in [2.75, 3.05) is 26.7 Å². The highest BCUT2D eigenvalue weighted by Gasteiger charge is 2.31. The summed E-state index contributed by atoms with van der Waals surface area (Å²) in [6.45, 7) is 4.86. The van der Waals surface area contributed by atoms with Crippen LogP contribution in [-0.2, 0) is 11.3 Å². The van der Waals surface area contributed by atoms with Gasteiger partial charge in [0.2, 0.25) is 0 Å². The fourth-order valence-corrected chi connectivity index (χ4v) is 4.71. The van der Waals surface area contributed by atoms with Gasteiger partial charge in [-0.25, -0.2) is 0 Å². The van der Waals surface area contributed by atoms with Crippen molar-refractivity contribution in [1.29, 1.82) is 0 Å². The molecule has 1 N–H and O–H groups in total. The first-order valence-corrected chi connectivity index (χ1v) is 12.4. The number of benzene rings is 3. The summed E-state index contributed by atoms with van der Waals surface area (Å²) in [7, 11) is 1.78. The number of fused-ring (bicyclic) bond motifs is 3. The minimum absolute atomic E-state index is 0.0785. The molecule has 1 aliphatic heterocycles. The Morgan fingerprint density at radius 2 is 1.61 bits per heavy atom. The van der Waals surface area contributed by atoms with Crippen LogP contribution in [0, 0.1) is 5.92 Å². The number of aliphatic hydroxyl groups is 1. The maximum atomic E-state index is 13.9. The van der Waals surface area contributed by atoms with Crippen LogP contribution in [0.15, 0.2) is 78.9 Å². The van der Waals surface area contributed by atoms with E-state index in [4.69, 9.17) is 4.74 Å². The van der Waals surface area contributed by atoms with Crippen LogP contribution in [0.1, 0.15) is 40.1 Å². The predicted octanol–water partition coefficient (Wildman–Crippen LogP) is 4.48. The molecule has 0 aliphatic carbocycles. The van der Waals surface area contributed by atoms with Gasteiger partial charge in [0.25, 0.3) is 11.8 Å². The molecule has 0 saturated heterocycles. The number of likely N-dealkylation sites (N-methyl/N-ethyl adjacent to an activating group) is 1. The van der Waals surface area contributed by atoms with Crippen molar-refractivity contribution < 1.29 is 19.4 Å². The van der Waals surface area contributed by atoms with Crippen molar-refractivity contribution in [1.82, 2.24) is 9.80 Å². The molecule has 188 valence electrons. The number of nitrogens with zero attached hydrogens (tertiary/aromatic N) is 2. The van der Waals surface area contributed by atoms with Gasteiger partial charge >= 0.3 is 0 Å². The quantitative estimate of drug-likeness (QED) is 0.577. The average molecular weight is 487 g/mol. The second-order valence-corrected chi connectivity index (χ2v) is 9.57. The molecule has 1 heterocycles. The standard InChI is InChI=1S/C30H34N2O4/c1-21-17-32(22(2)19-33)30(35)27-16-10-9-15-26(27)25-14-8-7-13-24(25)20-36-28(21)18-31(3)29(34)23-11-5-4-6-12-23/h4-16,21-22,28,33H,17-20H2,1-3H3/t21-,22-,28+/m1/s1. The largest absolute Gasteiger partial charge is 0.394 e. The van der Waals surface area contributed by atoms with Crippen molar-refractivity contribution in [2.45, 2.75) is 32.6 Å². The summed E-state index contributed by atoms with van der Waals surface area (Å²) in [6.07, 6.45) is -0.321. The molecule has 0 bridgehead atoms. The summed E-state index contributed by atoms with van der Waals surface area (Å²) in [6, 6.07) is 24.4. The number of aliphatic hydroxyl groups excluding tert-OH is 1. The number of ether oxygens (including phenoxy) is 1. The Kier molecular flexibility index (Phi) is 8.18. The van der Waals surface area contributed by atoms with Gasteiger partial charge in [0.05, 0.1) is 25.4 Å². The van der Waals surface area contributed by atoms with Crippen LogP contribution in [0.25, 0.3) is 11.1 Å². The van der Waals surface area contributed by atoms with Gasteiger partial charge in [0.1, 0.15) is 0 Å². The lowest BCUT2D eigenvalue weighted by Gasteiger charge is -2.35. The van der Waals surface area contributed by atoms with E-state index in [1.165, 1.54) is 0 Å². The highest BCUT2D eigenvalue weighted by Crippen LogP contribution is 2.31. The lowest BCUT2D eigenvalue weighted by Crippen LogP contribution is -2.47. The molecule has 3 aromatic rings. The molecule has 0 aromatic heterocycles. The van der Waals surface area contributed by atoms with Gasteiger partial charge < -0.3 is 19.6 Å². The fourth-order valence-electron chi connectivity index (χ4n) is 4.71. The maximum absolute atomic E-state index is 13.9. The molecule has 0 fully saturated rings. The Morgan fingerprint density at radius 1 is 1.00 bits per heavy atom. The van der Waals surface area contributed by atoms with Crippen molar-refractivity contribution in [2.24, 2.45) is 5.92 Å². The molecule has 36 heavy (non-hydrogen) atoms. The van der Waals surface area contributed by atoms with Gasteiger partial charge in [0.15, 0.2) is 0 Å². The zero-order chi connectivity index (χ0) is 25.7. The molecule has 2 amide bonds. The van der Waals surface area contributed by atoms with E-state index in [9.17, 15) is 14.7 Å². The molecule has 6 heteroatoms.